The van der Waals surface area contributed by atoms with Crippen LogP contribution < -0.4 is 4.90 Å². The van der Waals surface area contributed by atoms with Crippen LogP contribution in [0.4, 0.5) is 5.82 Å². The van der Waals surface area contributed by atoms with Gasteiger partial charge in [-0.1, -0.05) is 0 Å². The summed E-state index contributed by atoms with van der Waals surface area (Å²) in [6, 6.07) is 2.03. The Kier molecular flexibility index (Phi) is 4.40. The molecule has 0 bridgehead atoms. The molecule has 0 atom stereocenters. The Morgan fingerprint density at radius 1 is 0.923 bits per heavy atom. The van der Waals surface area contributed by atoms with Gasteiger partial charge in [0.25, 0.3) is 10.2 Å². The first kappa shape index (κ1) is 17.7. The Morgan fingerprint density at radius 2 is 1.54 bits per heavy atom. The number of aromatic nitrogens is 3. The summed E-state index contributed by atoms with van der Waals surface area (Å²) < 4.78 is 30.6. The van der Waals surface area contributed by atoms with Gasteiger partial charge in [0.1, 0.15) is 5.82 Å². The molecule has 8 nitrogen and oxygen atoms in total. The van der Waals surface area contributed by atoms with E-state index in [1.807, 2.05) is 31.4 Å². The quantitative estimate of drug-likeness (QED) is 0.800. The SMILES string of the molecule is Cc1cc(N2CCN(S(=O)(=O)N3CCCC3)CC2)n2nc(C)c(C)c2n1. The molecule has 0 aliphatic carbocycles. The molecule has 0 radical (unpaired) electrons. The van der Waals surface area contributed by atoms with Gasteiger partial charge in [-0.15, -0.1) is 0 Å². The van der Waals surface area contributed by atoms with Gasteiger partial charge >= 0.3 is 0 Å². The van der Waals surface area contributed by atoms with E-state index in [-0.39, 0.29) is 0 Å². The predicted molar refractivity (Wildman–Crippen MR) is 101 cm³/mol. The Labute approximate surface area is 154 Å². The fraction of sp³-hybridized carbons (Fsp3) is 0.647. The fourth-order valence-electron chi connectivity index (χ4n) is 3.79. The van der Waals surface area contributed by atoms with Gasteiger partial charge in [-0.25, -0.2) is 4.98 Å². The van der Waals surface area contributed by atoms with Crippen LogP contribution in [0, 0.1) is 20.8 Å². The van der Waals surface area contributed by atoms with Crippen LogP contribution in [0.3, 0.4) is 0 Å². The number of anilines is 1. The van der Waals surface area contributed by atoms with Gasteiger partial charge in [-0.3, -0.25) is 0 Å². The van der Waals surface area contributed by atoms with E-state index in [9.17, 15) is 8.42 Å². The highest BCUT2D eigenvalue weighted by atomic mass is 32.2. The van der Waals surface area contributed by atoms with Gasteiger partial charge in [-0.05, 0) is 33.6 Å². The molecule has 0 amide bonds. The standard InChI is InChI=1S/C17H26N6O2S/c1-13-12-16(23-17(18-13)14(2)15(3)19-23)20-8-10-22(11-9-20)26(24,25)21-6-4-5-7-21/h12H,4-11H2,1-3H3. The number of piperazine rings is 1. The van der Waals surface area contributed by atoms with Crippen LogP contribution in [-0.4, -0.2) is 70.9 Å². The van der Waals surface area contributed by atoms with E-state index in [0.717, 1.165) is 41.3 Å². The summed E-state index contributed by atoms with van der Waals surface area (Å²) in [5.74, 6) is 0.988. The maximum atomic E-state index is 12.8. The molecule has 0 aromatic carbocycles. The third kappa shape index (κ3) is 2.87. The minimum Gasteiger partial charge on any atom is -0.354 e. The summed E-state index contributed by atoms with van der Waals surface area (Å²) in [6.45, 7) is 9.63. The summed E-state index contributed by atoms with van der Waals surface area (Å²) in [5, 5.41) is 4.63. The number of rotatable bonds is 3. The van der Waals surface area contributed by atoms with Crippen molar-refractivity contribution in [3.8, 4) is 0 Å². The molecule has 2 saturated heterocycles. The summed E-state index contributed by atoms with van der Waals surface area (Å²) in [5.41, 5.74) is 3.89. The van der Waals surface area contributed by atoms with Crippen molar-refractivity contribution >= 4 is 21.7 Å². The van der Waals surface area contributed by atoms with Gasteiger partial charge in [0.15, 0.2) is 5.65 Å². The molecule has 0 N–H and O–H groups in total. The van der Waals surface area contributed by atoms with E-state index in [1.54, 1.807) is 8.61 Å². The molecule has 2 aliphatic rings. The van der Waals surface area contributed by atoms with Crippen LogP contribution in [-0.2, 0) is 10.2 Å². The van der Waals surface area contributed by atoms with Crippen molar-refractivity contribution in [2.24, 2.45) is 0 Å². The van der Waals surface area contributed by atoms with E-state index in [0.29, 0.717) is 39.3 Å². The molecule has 4 heterocycles. The first-order valence-corrected chi connectivity index (χ1v) is 10.6. The molecule has 2 aromatic rings. The molecule has 2 aromatic heterocycles. The van der Waals surface area contributed by atoms with Crippen molar-refractivity contribution in [1.82, 2.24) is 23.2 Å². The number of nitrogens with zero attached hydrogens (tertiary/aromatic N) is 6. The molecule has 0 unspecified atom stereocenters. The Hall–Kier alpha value is -1.71. The molecular weight excluding hydrogens is 352 g/mol. The van der Waals surface area contributed by atoms with E-state index in [4.69, 9.17) is 0 Å². The molecular formula is C17H26N6O2S. The van der Waals surface area contributed by atoms with Crippen molar-refractivity contribution in [2.45, 2.75) is 33.6 Å². The van der Waals surface area contributed by atoms with Crippen molar-refractivity contribution in [1.29, 1.82) is 0 Å². The monoisotopic (exact) mass is 378 g/mol. The Morgan fingerprint density at radius 3 is 2.19 bits per heavy atom. The summed E-state index contributed by atoms with van der Waals surface area (Å²) in [4.78, 5) is 6.83. The second-order valence-electron chi connectivity index (χ2n) is 7.20. The molecule has 9 heteroatoms. The molecule has 142 valence electrons. The van der Waals surface area contributed by atoms with Crippen molar-refractivity contribution in [3.63, 3.8) is 0 Å². The topological polar surface area (TPSA) is 74.1 Å². The second-order valence-corrected chi connectivity index (χ2v) is 9.13. The summed E-state index contributed by atoms with van der Waals surface area (Å²) in [7, 11) is -3.32. The zero-order valence-electron chi connectivity index (χ0n) is 15.6. The lowest BCUT2D eigenvalue weighted by molar-refractivity contribution is 0.342. The van der Waals surface area contributed by atoms with Crippen LogP contribution >= 0.6 is 0 Å². The van der Waals surface area contributed by atoms with Gasteiger partial charge < -0.3 is 4.90 Å². The average Bonchev–Trinajstić information content (AvgIpc) is 3.25. The maximum Gasteiger partial charge on any atom is 0.282 e. The van der Waals surface area contributed by atoms with Gasteiger partial charge in [0.05, 0.1) is 5.69 Å². The largest absolute Gasteiger partial charge is 0.354 e. The van der Waals surface area contributed by atoms with E-state index in [1.165, 1.54) is 0 Å². The Bertz CT molecular complexity index is 924. The third-order valence-electron chi connectivity index (χ3n) is 5.45. The van der Waals surface area contributed by atoms with Crippen molar-refractivity contribution in [2.75, 3.05) is 44.2 Å². The summed E-state index contributed by atoms with van der Waals surface area (Å²) in [6.07, 6.45) is 1.93. The zero-order valence-corrected chi connectivity index (χ0v) is 16.5. The van der Waals surface area contributed by atoms with Crippen LogP contribution in [0.1, 0.15) is 29.8 Å². The van der Waals surface area contributed by atoms with Crippen molar-refractivity contribution < 1.29 is 8.42 Å². The van der Waals surface area contributed by atoms with Gasteiger partial charge in [0.2, 0.25) is 0 Å². The number of aryl methyl sites for hydroxylation is 3. The molecule has 2 fully saturated rings. The minimum atomic E-state index is -3.32. The van der Waals surface area contributed by atoms with Crippen molar-refractivity contribution in [3.05, 3.63) is 23.0 Å². The van der Waals surface area contributed by atoms with E-state index < -0.39 is 10.2 Å². The highest BCUT2D eigenvalue weighted by Crippen LogP contribution is 2.24. The lowest BCUT2D eigenvalue weighted by Gasteiger charge is -2.36. The fourth-order valence-corrected chi connectivity index (χ4v) is 5.46. The molecule has 4 rings (SSSR count). The Balaban J connectivity index is 1.57. The molecule has 0 spiro atoms. The molecule has 2 aliphatic heterocycles. The average molecular weight is 379 g/mol. The molecule has 26 heavy (non-hydrogen) atoms. The number of fused-ring (bicyclic) bond motifs is 1. The minimum absolute atomic E-state index is 0.501. The number of hydrogen-bond donors (Lipinski definition) is 0. The summed E-state index contributed by atoms with van der Waals surface area (Å²) >= 11 is 0. The molecule has 0 saturated carbocycles. The van der Waals surface area contributed by atoms with Crippen LogP contribution in [0.2, 0.25) is 0 Å². The first-order valence-electron chi connectivity index (χ1n) is 9.21. The zero-order chi connectivity index (χ0) is 18.5. The highest BCUT2D eigenvalue weighted by Gasteiger charge is 2.34. The van der Waals surface area contributed by atoms with E-state index >= 15 is 0 Å². The van der Waals surface area contributed by atoms with Crippen LogP contribution in [0.25, 0.3) is 5.65 Å². The first-order chi connectivity index (χ1) is 12.4. The second kappa shape index (κ2) is 6.47. The highest BCUT2D eigenvalue weighted by molar-refractivity contribution is 7.86. The normalized spacial score (nSPS) is 20.3. The number of hydrogen-bond acceptors (Lipinski definition) is 5. The maximum absolute atomic E-state index is 12.8. The lowest BCUT2D eigenvalue weighted by Crippen LogP contribution is -2.53. The lowest BCUT2D eigenvalue weighted by atomic mass is 10.3. The van der Waals surface area contributed by atoms with E-state index in [2.05, 4.69) is 15.0 Å². The predicted octanol–water partition coefficient (Wildman–Crippen LogP) is 1.12. The smallest absolute Gasteiger partial charge is 0.282 e. The van der Waals surface area contributed by atoms with Crippen LogP contribution in [0.5, 0.6) is 0 Å². The van der Waals surface area contributed by atoms with Crippen LogP contribution in [0.15, 0.2) is 6.07 Å². The van der Waals surface area contributed by atoms with Gasteiger partial charge in [0, 0.05) is 56.6 Å². The third-order valence-corrected chi connectivity index (χ3v) is 7.48. The van der Waals surface area contributed by atoms with Gasteiger partial charge in [-0.2, -0.15) is 26.6 Å².